The maximum absolute atomic E-state index is 12.2. The Balaban J connectivity index is 2.64. The van der Waals surface area contributed by atoms with Gasteiger partial charge >= 0.3 is 0 Å². The smallest absolute Gasteiger partial charge is 0.176 e. The van der Waals surface area contributed by atoms with Crippen molar-refractivity contribution in [2.45, 2.75) is 33.3 Å². The summed E-state index contributed by atoms with van der Waals surface area (Å²) in [6, 6.07) is 7.18. The fraction of sp³-hybridized carbons (Fsp3) is 0.562. The van der Waals surface area contributed by atoms with Gasteiger partial charge in [-0.25, -0.2) is 0 Å². The Morgan fingerprint density at radius 1 is 1.25 bits per heavy atom. The van der Waals surface area contributed by atoms with Crippen LogP contribution in [0.15, 0.2) is 24.3 Å². The standard InChI is InChI=1S/C16H25NO3/c1-5-17(12-16(3,4)19)11-15(18)13-7-9-14(10-8-13)20-6-2/h7-10,19H,5-6,11-12H2,1-4H3. The summed E-state index contributed by atoms with van der Waals surface area (Å²) < 4.78 is 5.35. The number of rotatable bonds is 8. The van der Waals surface area contributed by atoms with E-state index >= 15 is 0 Å². The first-order valence-electron chi connectivity index (χ1n) is 7.06. The molecule has 4 heteroatoms. The number of carbonyl (C=O) groups is 1. The highest BCUT2D eigenvalue weighted by Crippen LogP contribution is 2.13. The maximum Gasteiger partial charge on any atom is 0.176 e. The van der Waals surface area contributed by atoms with Crippen molar-refractivity contribution in [3.05, 3.63) is 29.8 Å². The minimum atomic E-state index is -0.797. The molecule has 0 spiro atoms. The molecule has 0 heterocycles. The van der Waals surface area contributed by atoms with Crippen LogP contribution in [0.25, 0.3) is 0 Å². The number of hydrogen-bond acceptors (Lipinski definition) is 4. The molecular formula is C16H25NO3. The van der Waals surface area contributed by atoms with Gasteiger partial charge in [0, 0.05) is 12.1 Å². The molecule has 4 nitrogen and oxygen atoms in total. The van der Waals surface area contributed by atoms with Crippen molar-refractivity contribution in [3.63, 3.8) is 0 Å². The predicted molar refractivity (Wildman–Crippen MR) is 80.4 cm³/mol. The van der Waals surface area contributed by atoms with Crippen LogP contribution >= 0.6 is 0 Å². The second-order valence-corrected chi connectivity index (χ2v) is 5.50. The van der Waals surface area contributed by atoms with Gasteiger partial charge in [-0.3, -0.25) is 9.69 Å². The van der Waals surface area contributed by atoms with E-state index in [1.165, 1.54) is 0 Å². The summed E-state index contributed by atoms with van der Waals surface area (Å²) in [6.45, 7) is 9.54. The largest absolute Gasteiger partial charge is 0.494 e. The van der Waals surface area contributed by atoms with E-state index in [1.54, 1.807) is 26.0 Å². The number of benzene rings is 1. The summed E-state index contributed by atoms with van der Waals surface area (Å²) in [5.74, 6) is 0.826. The summed E-state index contributed by atoms with van der Waals surface area (Å²) in [4.78, 5) is 14.1. The number of Topliss-reactive ketones (excluding diaryl/α,β-unsaturated/α-hetero) is 1. The first-order chi connectivity index (χ1) is 9.35. The van der Waals surface area contributed by atoms with Crippen molar-refractivity contribution in [3.8, 4) is 5.75 Å². The zero-order valence-electron chi connectivity index (χ0n) is 12.8. The van der Waals surface area contributed by atoms with Gasteiger partial charge in [-0.1, -0.05) is 6.92 Å². The third kappa shape index (κ3) is 5.72. The number of nitrogens with zero attached hydrogens (tertiary/aromatic N) is 1. The van der Waals surface area contributed by atoms with Gasteiger partial charge < -0.3 is 9.84 Å². The SMILES string of the molecule is CCOc1ccc(C(=O)CN(CC)CC(C)(C)O)cc1. The number of ketones is 1. The van der Waals surface area contributed by atoms with Crippen molar-refractivity contribution < 1.29 is 14.6 Å². The van der Waals surface area contributed by atoms with Crippen LogP contribution in [-0.2, 0) is 0 Å². The normalized spacial score (nSPS) is 11.7. The minimum Gasteiger partial charge on any atom is -0.494 e. The molecule has 0 atom stereocenters. The summed E-state index contributed by atoms with van der Waals surface area (Å²) in [7, 11) is 0. The van der Waals surface area contributed by atoms with E-state index in [0.29, 0.717) is 25.3 Å². The zero-order valence-corrected chi connectivity index (χ0v) is 12.8. The van der Waals surface area contributed by atoms with Gasteiger partial charge in [-0.2, -0.15) is 0 Å². The van der Waals surface area contributed by atoms with Crippen molar-refractivity contribution in [1.29, 1.82) is 0 Å². The van der Waals surface area contributed by atoms with Crippen LogP contribution in [0.2, 0.25) is 0 Å². The van der Waals surface area contributed by atoms with Crippen LogP contribution in [0.1, 0.15) is 38.1 Å². The molecule has 1 aromatic rings. The third-order valence-corrected chi connectivity index (χ3v) is 2.91. The lowest BCUT2D eigenvalue weighted by molar-refractivity contribution is 0.0376. The highest BCUT2D eigenvalue weighted by molar-refractivity contribution is 5.97. The van der Waals surface area contributed by atoms with Gasteiger partial charge in [0.25, 0.3) is 0 Å². The van der Waals surface area contributed by atoms with E-state index in [2.05, 4.69) is 0 Å². The monoisotopic (exact) mass is 279 g/mol. The number of carbonyl (C=O) groups excluding carboxylic acids is 1. The first kappa shape index (κ1) is 16.7. The Kier molecular flexibility index (Phi) is 6.17. The van der Waals surface area contributed by atoms with E-state index in [0.717, 1.165) is 12.3 Å². The van der Waals surface area contributed by atoms with Gasteiger partial charge in [0.2, 0.25) is 0 Å². The summed E-state index contributed by atoms with van der Waals surface area (Å²) >= 11 is 0. The quantitative estimate of drug-likeness (QED) is 0.742. The Hall–Kier alpha value is -1.39. The van der Waals surface area contributed by atoms with Gasteiger partial charge in [-0.05, 0) is 51.6 Å². The molecule has 0 amide bonds. The van der Waals surface area contributed by atoms with Gasteiger partial charge in [0.1, 0.15) is 5.75 Å². The Labute approximate surface area is 121 Å². The van der Waals surface area contributed by atoms with E-state index in [9.17, 15) is 9.90 Å². The third-order valence-electron chi connectivity index (χ3n) is 2.91. The van der Waals surface area contributed by atoms with E-state index in [4.69, 9.17) is 4.74 Å². The lowest BCUT2D eigenvalue weighted by Crippen LogP contribution is -2.41. The summed E-state index contributed by atoms with van der Waals surface area (Å²) in [6.07, 6.45) is 0. The molecule has 0 aliphatic carbocycles. The Bertz CT molecular complexity index is 420. The molecule has 0 aliphatic rings. The first-order valence-corrected chi connectivity index (χ1v) is 7.06. The lowest BCUT2D eigenvalue weighted by Gasteiger charge is -2.27. The fourth-order valence-corrected chi connectivity index (χ4v) is 2.02. The zero-order chi connectivity index (χ0) is 15.2. The number of ether oxygens (including phenoxy) is 1. The van der Waals surface area contributed by atoms with Crippen LogP contribution in [0, 0.1) is 0 Å². The topological polar surface area (TPSA) is 49.8 Å². The molecule has 0 bridgehead atoms. The van der Waals surface area contributed by atoms with Crippen LogP contribution in [0.5, 0.6) is 5.75 Å². The van der Waals surface area contributed by atoms with Crippen LogP contribution < -0.4 is 4.74 Å². The van der Waals surface area contributed by atoms with Crippen LogP contribution in [0.3, 0.4) is 0 Å². The molecule has 0 saturated heterocycles. The molecule has 20 heavy (non-hydrogen) atoms. The average Bonchev–Trinajstić information content (AvgIpc) is 2.37. The van der Waals surface area contributed by atoms with Crippen LogP contribution in [0.4, 0.5) is 0 Å². The highest BCUT2D eigenvalue weighted by atomic mass is 16.5. The summed E-state index contributed by atoms with van der Waals surface area (Å²) in [5.41, 5.74) is -0.127. The number of aliphatic hydroxyl groups is 1. The minimum absolute atomic E-state index is 0.0548. The molecular weight excluding hydrogens is 254 g/mol. The molecule has 112 valence electrons. The maximum atomic E-state index is 12.2. The number of likely N-dealkylation sites (N-methyl/N-ethyl adjacent to an activating group) is 1. The number of hydrogen-bond donors (Lipinski definition) is 1. The second kappa shape index (κ2) is 7.41. The molecule has 0 fully saturated rings. The molecule has 1 N–H and O–H groups in total. The second-order valence-electron chi connectivity index (χ2n) is 5.50. The molecule has 1 aromatic carbocycles. The lowest BCUT2D eigenvalue weighted by atomic mass is 10.1. The summed E-state index contributed by atoms with van der Waals surface area (Å²) in [5, 5.41) is 9.83. The highest BCUT2D eigenvalue weighted by Gasteiger charge is 2.19. The molecule has 0 aromatic heterocycles. The predicted octanol–water partition coefficient (Wildman–Crippen LogP) is 2.36. The van der Waals surface area contributed by atoms with Crippen molar-refractivity contribution in [1.82, 2.24) is 4.90 Å². The van der Waals surface area contributed by atoms with Crippen LogP contribution in [-0.4, -0.2) is 47.6 Å². The molecule has 1 rings (SSSR count). The van der Waals surface area contributed by atoms with Crippen molar-refractivity contribution in [2.75, 3.05) is 26.2 Å². The Morgan fingerprint density at radius 3 is 2.30 bits per heavy atom. The Morgan fingerprint density at radius 2 is 1.85 bits per heavy atom. The van der Waals surface area contributed by atoms with Gasteiger partial charge in [0.15, 0.2) is 5.78 Å². The van der Waals surface area contributed by atoms with Gasteiger partial charge in [0.05, 0.1) is 18.8 Å². The molecule has 0 unspecified atom stereocenters. The van der Waals surface area contributed by atoms with E-state index < -0.39 is 5.60 Å². The van der Waals surface area contributed by atoms with Crippen molar-refractivity contribution >= 4 is 5.78 Å². The fourth-order valence-electron chi connectivity index (χ4n) is 2.02. The molecule has 0 aliphatic heterocycles. The molecule has 0 radical (unpaired) electrons. The van der Waals surface area contributed by atoms with Crippen molar-refractivity contribution in [2.24, 2.45) is 0 Å². The van der Waals surface area contributed by atoms with E-state index in [1.807, 2.05) is 30.9 Å². The van der Waals surface area contributed by atoms with Gasteiger partial charge in [-0.15, -0.1) is 0 Å². The average molecular weight is 279 g/mol. The molecule has 0 saturated carbocycles. The van der Waals surface area contributed by atoms with E-state index in [-0.39, 0.29) is 5.78 Å².